The largest absolute Gasteiger partial charge is 0.346 e. The zero-order valence-corrected chi connectivity index (χ0v) is 11.4. The van der Waals surface area contributed by atoms with Gasteiger partial charge in [0.15, 0.2) is 5.82 Å². The first kappa shape index (κ1) is 12.4. The lowest BCUT2D eigenvalue weighted by Gasteiger charge is -2.28. The van der Waals surface area contributed by atoms with Crippen LogP contribution in [0.25, 0.3) is 0 Å². The third-order valence-corrected chi connectivity index (χ3v) is 3.48. The van der Waals surface area contributed by atoms with Crippen LogP contribution in [-0.4, -0.2) is 33.3 Å². The summed E-state index contributed by atoms with van der Waals surface area (Å²) in [6.45, 7) is 3.18. The lowest BCUT2D eigenvalue weighted by atomic mass is 10.2. The summed E-state index contributed by atoms with van der Waals surface area (Å²) in [7, 11) is 1.90. The van der Waals surface area contributed by atoms with E-state index in [-0.39, 0.29) is 0 Å². The molecule has 0 radical (unpaired) electrons. The van der Waals surface area contributed by atoms with Gasteiger partial charge in [-0.1, -0.05) is 11.6 Å². The van der Waals surface area contributed by atoms with Crippen molar-refractivity contribution < 1.29 is 0 Å². The van der Waals surface area contributed by atoms with Crippen LogP contribution in [0.1, 0.15) is 11.4 Å². The molecule has 0 bridgehead atoms. The second-order valence-electron chi connectivity index (χ2n) is 4.54. The summed E-state index contributed by atoms with van der Waals surface area (Å²) in [5.74, 6) is 1.76. The zero-order chi connectivity index (χ0) is 13.2. The molecular formula is C12H15ClN6. The molecule has 7 heteroatoms. The Bertz CT molecular complexity index is 581. The van der Waals surface area contributed by atoms with Crippen molar-refractivity contribution in [3.8, 4) is 0 Å². The van der Waals surface area contributed by atoms with E-state index in [0.717, 1.165) is 36.8 Å². The van der Waals surface area contributed by atoms with Gasteiger partial charge >= 0.3 is 0 Å². The maximum absolute atomic E-state index is 6.32. The van der Waals surface area contributed by atoms with Gasteiger partial charge in [-0.3, -0.25) is 0 Å². The molecule has 3 heterocycles. The molecule has 3 rings (SSSR count). The van der Waals surface area contributed by atoms with Crippen LogP contribution >= 0.6 is 11.6 Å². The Morgan fingerprint density at radius 2 is 2.32 bits per heavy atom. The second kappa shape index (κ2) is 5.14. The minimum atomic E-state index is 0.681. The first-order chi connectivity index (χ1) is 9.28. The Balaban J connectivity index is 1.83. The third-order valence-electron chi connectivity index (χ3n) is 3.20. The van der Waals surface area contributed by atoms with Crippen molar-refractivity contribution in [2.75, 3.05) is 18.5 Å². The topological polar surface area (TPSA) is 58.9 Å². The van der Waals surface area contributed by atoms with Crippen molar-refractivity contribution in [1.29, 1.82) is 0 Å². The van der Waals surface area contributed by atoms with E-state index in [1.807, 2.05) is 19.3 Å². The van der Waals surface area contributed by atoms with Crippen molar-refractivity contribution in [2.24, 2.45) is 0 Å². The molecule has 0 atom stereocenters. The average molecular weight is 279 g/mol. The zero-order valence-electron chi connectivity index (χ0n) is 10.7. The molecule has 2 aromatic heterocycles. The highest BCUT2D eigenvalue weighted by Crippen LogP contribution is 2.26. The van der Waals surface area contributed by atoms with Crippen LogP contribution in [0.15, 0.2) is 18.6 Å². The van der Waals surface area contributed by atoms with E-state index in [9.17, 15) is 0 Å². The molecule has 1 aliphatic rings. The minimum Gasteiger partial charge on any atom is -0.346 e. The van der Waals surface area contributed by atoms with Gasteiger partial charge in [-0.25, -0.2) is 4.98 Å². The van der Waals surface area contributed by atoms with E-state index in [4.69, 9.17) is 11.6 Å². The van der Waals surface area contributed by atoms with Crippen molar-refractivity contribution >= 4 is 17.4 Å². The molecule has 0 fully saturated rings. The first-order valence-electron chi connectivity index (χ1n) is 6.18. The highest BCUT2D eigenvalue weighted by Gasteiger charge is 2.20. The fourth-order valence-electron chi connectivity index (χ4n) is 2.25. The quantitative estimate of drug-likeness (QED) is 0.910. The van der Waals surface area contributed by atoms with Crippen LogP contribution in [0.2, 0.25) is 5.02 Å². The Morgan fingerprint density at radius 1 is 1.42 bits per heavy atom. The number of hydrogen-bond donors (Lipinski definition) is 1. The fraction of sp³-hybridized carbons (Fsp3) is 0.417. The molecule has 0 saturated heterocycles. The SMILES string of the molecule is CNCc1cnc(N2CCn3cnnc3C2)c(Cl)c1. The monoisotopic (exact) mass is 278 g/mol. The summed E-state index contributed by atoms with van der Waals surface area (Å²) in [5.41, 5.74) is 1.08. The van der Waals surface area contributed by atoms with Crippen molar-refractivity contribution in [1.82, 2.24) is 25.1 Å². The summed E-state index contributed by atoms with van der Waals surface area (Å²) in [6, 6.07) is 1.96. The summed E-state index contributed by atoms with van der Waals surface area (Å²) in [6.07, 6.45) is 3.62. The predicted molar refractivity (Wildman–Crippen MR) is 73.1 cm³/mol. The molecule has 0 aromatic carbocycles. The Morgan fingerprint density at radius 3 is 3.11 bits per heavy atom. The molecule has 2 aromatic rings. The highest BCUT2D eigenvalue weighted by atomic mass is 35.5. The molecule has 0 amide bonds. The van der Waals surface area contributed by atoms with E-state index >= 15 is 0 Å². The lowest BCUT2D eigenvalue weighted by Crippen LogP contribution is -2.34. The van der Waals surface area contributed by atoms with Gasteiger partial charge in [0, 0.05) is 25.8 Å². The van der Waals surface area contributed by atoms with E-state index in [1.54, 1.807) is 6.33 Å². The van der Waals surface area contributed by atoms with Crippen molar-refractivity contribution in [3.63, 3.8) is 0 Å². The molecular weight excluding hydrogens is 264 g/mol. The fourth-order valence-corrected chi connectivity index (χ4v) is 2.56. The maximum Gasteiger partial charge on any atom is 0.152 e. The van der Waals surface area contributed by atoms with Crippen LogP contribution < -0.4 is 10.2 Å². The molecule has 0 aliphatic carbocycles. The van der Waals surface area contributed by atoms with Crippen LogP contribution in [0.4, 0.5) is 5.82 Å². The van der Waals surface area contributed by atoms with Crippen LogP contribution in [-0.2, 0) is 19.6 Å². The van der Waals surface area contributed by atoms with Gasteiger partial charge in [0.25, 0.3) is 0 Å². The number of nitrogens with one attached hydrogen (secondary N) is 1. The number of fused-ring (bicyclic) bond motifs is 1. The van der Waals surface area contributed by atoms with Gasteiger partial charge in [-0.05, 0) is 18.7 Å². The van der Waals surface area contributed by atoms with Gasteiger partial charge in [-0.15, -0.1) is 10.2 Å². The number of aromatic nitrogens is 4. The summed E-state index contributed by atoms with van der Waals surface area (Å²) in [5, 5.41) is 11.8. The third kappa shape index (κ3) is 2.41. The molecule has 0 spiro atoms. The molecule has 100 valence electrons. The normalized spacial score (nSPS) is 14.5. The lowest BCUT2D eigenvalue weighted by molar-refractivity contribution is 0.556. The summed E-state index contributed by atoms with van der Waals surface area (Å²) >= 11 is 6.32. The maximum atomic E-state index is 6.32. The van der Waals surface area contributed by atoms with Gasteiger partial charge in [0.2, 0.25) is 0 Å². The molecule has 0 saturated carbocycles. The van der Waals surface area contributed by atoms with Gasteiger partial charge in [0.1, 0.15) is 12.1 Å². The van der Waals surface area contributed by atoms with E-state index in [2.05, 4.69) is 30.0 Å². The first-order valence-corrected chi connectivity index (χ1v) is 6.56. The molecule has 6 nitrogen and oxygen atoms in total. The Labute approximate surface area is 116 Å². The number of nitrogens with zero attached hydrogens (tertiary/aromatic N) is 5. The highest BCUT2D eigenvalue weighted by molar-refractivity contribution is 6.33. The number of rotatable bonds is 3. The number of hydrogen-bond acceptors (Lipinski definition) is 5. The van der Waals surface area contributed by atoms with Crippen LogP contribution in [0.5, 0.6) is 0 Å². The second-order valence-corrected chi connectivity index (χ2v) is 4.95. The Hall–Kier alpha value is -1.66. The number of halogens is 1. The van der Waals surface area contributed by atoms with Crippen molar-refractivity contribution in [2.45, 2.75) is 19.6 Å². The predicted octanol–water partition coefficient (Wildman–Crippen LogP) is 1.07. The smallest absolute Gasteiger partial charge is 0.152 e. The van der Waals surface area contributed by atoms with Crippen LogP contribution in [0, 0.1) is 0 Å². The van der Waals surface area contributed by atoms with Crippen molar-refractivity contribution in [3.05, 3.63) is 35.0 Å². The molecule has 1 aliphatic heterocycles. The minimum absolute atomic E-state index is 0.681. The van der Waals surface area contributed by atoms with E-state index in [1.165, 1.54) is 0 Å². The van der Waals surface area contributed by atoms with E-state index < -0.39 is 0 Å². The number of anilines is 1. The molecule has 0 unspecified atom stereocenters. The average Bonchev–Trinajstić information content (AvgIpc) is 2.86. The van der Waals surface area contributed by atoms with Gasteiger partial charge in [-0.2, -0.15) is 0 Å². The van der Waals surface area contributed by atoms with E-state index in [0.29, 0.717) is 11.6 Å². The molecule has 1 N–H and O–H groups in total. The standard InChI is InChI=1S/C12H15ClN6/c1-14-5-9-4-10(13)12(15-6-9)18-2-3-19-8-16-17-11(19)7-18/h4,6,8,14H,2-3,5,7H2,1H3. The number of pyridine rings is 1. The Kier molecular flexibility index (Phi) is 3.35. The molecule has 19 heavy (non-hydrogen) atoms. The van der Waals surface area contributed by atoms with Gasteiger partial charge < -0.3 is 14.8 Å². The van der Waals surface area contributed by atoms with Gasteiger partial charge in [0.05, 0.1) is 11.6 Å². The summed E-state index contributed by atoms with van der Waals surface area (Å²) < 4.78 is 2.06. The summed E-state index contributed by atoms with van der Waals surface area (Å²) in [4.78, 5) is 6.61. The van der Waals surface area contributed by atoms with Crippen LogP contribution in [0.3, 0.4) is 0 Å².